The summed E-state index contributed by atoms with van der Waals surface area (Å²) >= 11 is 0. The number of aliphatic imine (C=N–C) groups is 2. The average Bonchev–Trinajstić information content (AvgIpc) is 3.12. The number of nitrogens with zero attached hydrogens (tertiary/aromatic N) is 4. The summed E-state index contributed by atoms with van der Waals surface area (Å²) in [5, 5.41) is 2.58. The summed E-state index contributed by atoms with van der Waals surface area (Å²) in [7, 11) is 0. The predicted octanol–water partition coefficient (Wildman–Crippen LogP) is 7.05. The van der Waals surface area contributed by atoms with Crippen LogP contribution in [0.5, 0.6) is 0 Å². The zero-order valence-electron chi connectivity index (χ0n) is 24.4. The van der Waals surface area contributed by atoms with Gasteiger partial charge in [0.05, 0.1) is 23.1 Å². The lowest BCUT2D eigenvalue weighted by molar-refractivity contribution is 0.699. The van der Waals surface area contributed by atoms with Gasteiger partial charge in [-0.1, -0.05) is 85.0 Å². The van der Waals surface area contributed by atoms with E-state index >= 15 is 0 Å². The Morgan fingerprint density at radius 1 is 0.682 bits per heavy atom. The Bertz CT molecular complexity index is 2030. The molecule has 0 saturated carbocycles. The third-order valence-corrected chi connectivity index (χ3v) is 9.08. The van der Waals surface area contributed by atoms with E-state index in [0.29, 0.717) is 0 Å². The summed E-state index contributed by atoms with van der Waals surface area (Å²) in [6.45, 7) is 0. The zero-order valence-corrected chi connectivity index (χ0v) is 24.4. The van der Waals surface area contributed by atoms with Crippen LogP contribution in [0.15, 0.2) is 149 Å². The molecule has 2 aliphatic carbocycles. The molecule has 3 unspecified atom stereocenters. The molecule has 4 heteroatoms. The monoisotopic (exact) mass is 568 g/mol. The second kappa shape index (κ2) is 11.5. The van der Waals surface area contributed by atoms with Gasteiger partial charge in [0, 0.05) is 42.2 Å². The molecule has 2 aliphatic heterocycles. The van der Waals surface area contributed by atoms with Gasteiger partial charge in [0.2, 0.25) is 0 Å². The van der Waals surface area contributed by atoms with E-state index in [1.807, 2.05) is 42.9 Å². The zero-order chi connectivity index (χ0) is 29.3. The average molecular weight is 569 g/mol. The van der Waals surface area contributed by atoms with E-state index in [-0.39, 0.29) is 17.9 Å². The lowest BCUT2D eigenvalue weighted by Crippen LogP contribution is -2.40. The normalized spacial score (nSPS) is 21.9. The minimum absolute atomic E-state index is 0.129. The molecule has 4 aromatic rings. The highest BCUT2D eigenvalue weighted by molar-refractivity contribution is 5.90. The van der Waals surface area contributed by atoms with Crippen molar-refractivity contribution in [2.75, 3.05) is 0 Å². The van der Waals surface area contributed by atoms with Crippen LogP contribution < -0.4 is 10.4 Å². The van der Waals surface area contributed by atoms with Gasteiger partial charge in [0.15, 0.2) is 0 Å². The fourth-order valence-corrected chi connectivity index (χ4v) is 6.97. The van der Waals surface area contributed by atoms with Gasteiger partial charge in [-0.05, 0) is 87.9 Å². The number of aromatic nitrogens is 2. The van der Waals surface area contributed by atoms with Gasteiger partial charge in [-0.15, -0.1) is 0 Å². The lowest BCUT2D eigenvalue weighted by Gasteiger charge is -2.34. The third-order valence-electron chi connectivity index (χ3n) is 9.08. The fraction of sp³-hybridized carbons (Fsp3) is 0.150. The molecule has 0 fully saturated rings. The Balaban J connectivity index is 1.31. The number of rotatable bonds is 5. The van der Waals surface area contributed by atoms with Gasteiger partial charge >= 0.3 is 0 Å². The molecule has 4 heterocycles. The van der Waals surface area contributed by atoms with Crippen molar-refractivity contribution in [3.05, 3.63) is 155 Å². The molecule has 0 N–H and O–H groups in total. The molecule has 2 aromatic heterocycles. The smallest absolute Gasteiger partial charge is 0.0950 e. The van der Waals surface area contributed by atoms with E-state index in [2.05, 4.69) is 107 Å². The summed E-state index contributed by atoms with van der Waals surface area (Å²) < 4.78 is 0. The minimum Gasteiger partial charge on any atom is -0.283 e. The van der Waals surface area contributed by atoms with Crippen molar-refractivity contribution < 1.29 is 0 Å². The standard InChI is InChI=1S/C40H32N4/c1-2-10-27(11-3-1)28-16-19-33-34(24-28)40(30-18-21-38(44-26-30)36-15-7-9-23-42-36)32-13-5-4-12-31(32)39(33)29-17-20-37(43-25-29)35-14-6-8-22-41-35/h1-11,13,15-16,18-26,29,31,35H,12,14,17H2. The predicted molar refractivity (Wildman–Crippen MR) is 181 cm³/mol. The Hall–Kier alpha value is -5.22. The first-order valence-corrected chi connectivity index (χ1v) is 15.4. The van der Waals surface area contributed by atoms with Gasteiger partial charge in [-0.2, -0.15) is 0 Å². The molecule has 44 heavy (non-hydrogen) atoms. The first-order chi connectivity index (χ1) is 21.8. The maximum atomic E-state index is 5.01. The third kappa shape index (κ3) is 4.83. The Morgan fingerprint density at radius 2 is 1.55 bits per heavy atom. The van der Waals surface area contributed by atoms with E-state index < -0.39 is 0 Å². The van der Waals surface area contributed by atoms with Crippen LogP contribution in [0.1, 0.15) is 24.8 Å². The van der Waals surface area contributed by atoms with Crippen molar-refractivity contribution in [1.29, 1.82) is 0 Å². The van der Waals surface area contributed by atoms with Crippen molar-refractivity contribution >= 4 is 23.6 Å². The molecule has 0 spiro atoms. The molecule has 4 aliphatic rings. The van der Waals surface area contributed by atoms with Crippen molar-refractivity contribution in [2.24, 2.45) is 21.8 Å². The van der Waals surface area contributed by atoms with Crippen LogP contribution in [0.3, 0.4) is 0 Å². The summed E-state index contributed by atoms with van der Waals surface area (Å²) in [5.74, 6) is 0.511. The quantitative estimate of drug-likeness (QED) is 0.259. The van der Waals surface area contributed by atoms with Crippen molar-refractivity contribution in [3.63, 3.8) is 0 Å². The molecule has 4 nitrogen and oxygen atoms in total. The van der Waals surface area contributed by atoms with E-state index in [1.54, 1.807) is 0 Å². The second-order valence-electron chi connectivity index (χ2n) is 11.7. The summed E-state index contributed by atoms with van der Waals surface area (Å²) in [6.07, 6.45) is 24.1. The Labute approximate surface area is 257 Å². The molecule has 0 saturated heterocycles. The molecule has 0 bridgehead atoms. The first kappa shape index (κ1) is 26.4. The lowest BCUT2D eigenvalue weighted by atomic mass is 9.70. The van der Waals surface area contributed by atoms with Crippen LogP contribution in [-0.4, -0.2) is 28.4 Å². The molecule has 212 valence electrons. The van der Waals surface area contributed by atoms with Crippen LogP contribution in [0.4, 0.5) is 0 Å². The van der Waals surface area contributed by atoms with E-state index in [0.717, 1.165) is 41.9 Å². The number of hydrogen-bond acceptors (Lipinski definition) is 4. The SMILES string of the molecule is C1=CCC(C2=CCC(C3=c4ccc(-c5ccccc5)cc4=C(c4ccc(-c5ccccn5)nc4)C4=CC=CCC43)C=N2)N=C1. The Kier molecular flexibility index (Phi) is 6.88. The van der Waals surface area contributed by atoms with E-state index in [1.165, 1.54) is 38.3 Å². The van der Waals surface area contributed by atoms with Crippen LogP contribution >= 0.6 is 0 Å². The molecular weight excluding hydrogens is 536 g/mol. The van der Waals surface area contributed by atoms with Crippen LogP contribution in [0, 0.1) is 11.8 Å². The number of hydrogen-bond donors (Lipinski definition) is 0. The van der Waals surface area contributed by atoms with Crippen LogP contribution in [0.25, 0.3) is 33.7 Å². The number of allylic oxidation sites excluding steroid dienone is 6. The fourth-order valence-electron chi connectivity index (χ4n) is 6.97. The number of fused-ring (bicyclic) bond motifs is 2. The molecular formula is C40H32N4. The molecule has 0 radical (unpaired) electrons. The molecule has 2 aromatic carbocycles. The molecule has 3 atom stereocenters. The summed E-state index contributed by atoms with van der Waals surface area (Å²) in [5.41, 5.74) is 10.5. The van der Waals surface area contributed by atoms with Gasteiger partial charge in [-0.25, -0.2) is 0 Å². The number of benzene rings is 2. The molecule has 0 amide bonds. The first-order valence-electron chi connectivity index (χ1n) is 15.4. The van der Waals surface area contributed by atoms with Crippen LogP contribution in [-0.2, 0) is 0 Å². The van der Waals surface area contributed by atoms with E-state index in [4.69, 9.17) is 9.98 Å². The highest BCUT2D eigenvalue weighted by atomic mass is 14.9. The second-order valence-corrected chi connectivity index (χ2v) is 11.7. The van der Waals surface area contributed by atoms with Crippen molar-refractivity contribution in [3.8, 4) is 22.5 Å². The van der Waals surface area contributed by atoms with Gasteiger partial charge in [0.25, 0.3) is 0 Å². The highest BCUT2D eigenvalue weighted by Crippen LogP contribution is 2.42. The number of pyridine rings is 2. The maximum absolute atomic E-state index is 5.01. The van der Waals surface area contributed by atoms with E-state index in [9.17, 15) is 0 Å². The van der Waals surface area contributed by atoms with Crippen molar-refractivity contribution in [2.45, 2.75) is 25.3 Å². The molecule has 8 rings (SSSR count). The topological polar surface area (TPSA) is 50.5 Å². The largest absolute Gasteiger partial charge is 0.283 e. The number of dihydropyridines is 1. The minimum atomic E-state index is 0.129. The van der Waals surface area contributed by atoms with Crippen LogP contribution in [0.2, 0.25) is 0 Å². The van der Waals surface area contributed by atoms with Gasteiger partial charge < -0.3 is 0 Å². The van der Waals surface area contributed by atoms with Gasteiger partial charge in [0.1, 0.15) is 0 Å². The summed E-state index contributed by atoms with van der Waals surface area (Å²) in [6, 6.07) is 28.1. The maximum Gasteiger partial charge on any atom is 0.0950 e. The van der Waals surface area contributed by atoms with Crippen molar-refractivity contribution in [1.82, 2.24) is 9.97 Å². The highest BCUT2D eigenvalue weighted by Gasteiger charge is 2.33. The Morgan fingerprint density at radius 3 is 2.32 bits per heavy atom. The summed E-state index contributed by atoms with van der Waals surface area (Å²) in [4.78, 5) is 19.1. The van der Waals surface area contributed by atoms with Gasteiger partial charge in [-0.3, -0.25) is 20.0 Å².